The molecule has 1 atom stereocenters. The minimum atomic E-state index is -0.0534. The van der Waals surface area contributed by atoms with Gasteiger partial charge in [-0.3, -0.25) is 9.48 Å². The summed E-state index contributed by atoms with van der Waals surface area (Å²) < 4.78 is 1.56. The molecule has 0 radical (unpaired) electrons. The van der Waals surface area contributed by atoms with Crippen LogP contribution in [-0.4, -0.2) is 40.2 Å². The van der Waals surface area contributed by atoms with Crippen molar-refractivity contribution in [2.75, 3.05) is 13.6 Å². The lowest BCUT2D eigenvalue weighted by atomic mass is 10.3. The monoisotopic (exact) mass is 196 g/mol. The molecule has 1 rings (SSSR count). The van der Waals surface area contributed by atoms with E-state index < -0.39 is 0 Å². The Morgan fingerprint density at radius 1 is 1.79 bits per heavy atom. The van der Waals surface area contributed by atoms with Crippen LogP contribution < -0.4 is 5.73 Å². The number of rotatable bonds is 3. The predicted molar refractivity (Wildman–Crippen MR) is 53.8 cm³/mol. The summed E-state index contributed by atoms with van der Waals surface area (Å²) in [5.74, 6) is -0.0534. The number of aromatic nitrogens is 2. The van der Waals surface area contributed by atoms with Gasteiger partial charge >= 0.3 is 0 Å². The van der Waals surface area contributed by atoms with Gasteiger partial charge in [0.05, 0.1) is 0 Å². The van der Waals surface area contributed by atoms with Crippen molar-refractivity contribution >= 4 is 5.91 Å². The number of nitrogens with two attached hydrogens (primary N) is 1. The maximum Gasteiger partial charge on any atom is 0.271 e. The summed E-state index contributed by atoms with van der Waals surface area (Å²) >= 11 is 0. The van der Waals surface area contributed by atoms with E-state index in [4.69, 9.17) is 5.73 Å². The molecule has 0 aliphatic rings. The van der Waals surface area contributed by atoms with E-state index in [1.54, 1.807) is 35.9 Å². The van der Waals surface area contributed by atoms with Crippen molar-refractivity contribution in [3.05, 3.63) is 18.0 Å². The van der Waals surface area contributed by atoms with E-state index in [9.17, 15) is 4.79 Å². The zero-order valence-electron chi connectivity index (χ0n) is 8.77. The number of likely N-dealkylation sites (N-methyl/N-ethyl adjacent to an activating group) is 1. The summed E-state index contributed by atoms with van der Waals surface area (Å²) in [4.78, 5) is 13.4. The average Bonchev–Trinajstić information content (AvgIpc) is 2.48. The van der Waals surface area contributed by atoms with Gasteiger partial charge in [-0.1, -0.05) is 0 Å². The van der Waals surface area contributed by atoms with E-state index >= 15 is 0 Å². The number of nitrogens with zero attached hydrogens (tertiary/aromatic N) is 3. The third kappa shape index (κ3) is 2.32. The smallest absolute Gasteiger partial charge is 0.271 e. The van der Waals surface area contributed by atoms with Crippen LogP contribution in [0.25, 0.3) is 0 Å². The molecule has 0 aliphatic heterocycles. The van der Waals surface area contributed by atoms with Gasteiger partial charge in [0.2, 0.25) is 0 Å². The Balaban J connectivity index is 2.71. The van der Waals surface area contributed by atoms with Gasteiger partial charge in [0, 0.05) is 32.9 Å². The molecule has 5 heteroatoms. The van der Waals surface area contributed by atoms with Crippen molar-refractivity contribution in [2.45, 2.75) is 13.0 Å². The first kappa shape index (κ1) is 10.7. The van der Waals surface area contributed by atoms with Gasteiger partial charge in [-0.15, -0.1) is 0 Å². The Hall–Kier alpha value is -1.36. The first-order valence-electron chi connectivity index (χ1n) is 4.51. The lowest BCUT2D eigenvalue weighted by Gasteiger charge is -2.18. The molecular weight excluding hydrogens is 180 g/mol. The molecular formula is C9H16N4O. The van der Waals surface area contributed by atoms with Crippen molar-refractivity contribution in [3.63, 3.8) is 0 Å². The largest absolute Gasteiger partial charge is 0.339 e. The highest BCUT2D eigenvalue weighted by Gasteiger charge is 2.15. The van der Waals surface area contributed by atoms with E-state index in [1.165, 1.54) is 0 Å². The molecule has 14 heavy (non-hydrogen) atoms. The van der Waals surface area contributed by atoms with Crippen molar-refractivity contribution < 1.29 is 4.79 Å². The fourth-order valence-corrected chi connectivity index (χ4v) is 1.29. The zero-order valence-corrected chi connectivity index (χ0v) is 8.77. The molecule has 2 N–H and O–H groups in total. The number of aryl methyl sites for hydroxylation is 1. The number of hydrogen-bond acceptors (Lipinski definition) is 3. The van der Waals surface area contributed by atoms with Crippen molar-refractivity contribution in [1.29, 1.82) is 0 Å². The summed E-state index contributed by atoms with van der Waals surface area (Å²) in [6.07, 6.45) is 1.60. The normalized spacial score (nSPS) is 12.6. The van der Waals surface area contributed by atoms with Crippen LogP contribution in [0.4, 0.5) is 0 Å². The van der Waals surface area contributed by atoms with Crippen LogP contribution in [0.2, 0.25) is 0 Å². The summed E-state index contributed by atoms with van der Waals surface area (Å²) in [6.45, 7) is 2.41. The summed E-state index contributed by atoms with van der Waals surface area (Å²) in [7, 11) is 3.48. The fraction of sp³-hybridized carbons (Fsp3) is 0.556. The molecule has 0 fully saturated rings. The Morgan fingerprint density at radius 3 is 2.86 bits per heavy atom. The number of amides is 1. The number of hydrogen-bond donors (Lipinski definition) is 1. The quantitative estimate of drug-likeness (QED) is 0.730. The topological polar surface area (TPSA) is 64.2 Å². The lowest BCUT2D eigenvalue weighted by molar-refractivity contribution is 0.0778. The van der Waals surface area contributed by atoms with Gasteiger partial charge in [-0.05, 0) is 13.0 Å². The van der Waals surface area contributed by atoms with E-state index in [1.807, 2.05) is 6.92 Å². The molecule has 0 aliphatic carbocycles. The second kappa shape index (κ2) is 4.23. The standard InChI is InChI=1S/C9H16N4O/c1-7(10)6-12(2)9(14)8-4-5-11-13(8)3/h4-5,7H,6,10H2,1-3H3. The summed E-state index contributed by atoms with van der Waals surface area (Å²) in [6, 6.07) is 1.68. The highest BCUT2D eigenvalue weighted by molar-refractivity contribution is 5.92. The average molecular weight is 196 g/mol. The SMILES string of the molecule is CC(N)CN(C)C(=O)c1ccnn1C. The molecule has 1 unspecified atom stereocenters. The molecule has 1 aromatic heterocycles. The summed E-state index contributed by atoms with van der Waals surface area (Å²) in [5.41, 5.74) is 6.18. The van der Waals surface area contributed by atoms with Gasteiger partial charge in [0.15, 0.2) is 0 Å². The number of carbonyl (C=O) groups is 1. The van der Waals surface area contributed by atoms with Crippen molar-refractivity contribution in [1.82, 2.24) is 14.7 Å². The molecule has 5 nitrogen and oxygen atoms in total. The number of carbonyl (C=O) groups excluding carboxylic acids is 1. The second-order valence-corrected chi connectivity index (χ2v) is 3.50. The zero-order chi connectivity index (χ0) is 10.7. The van der Waals surface area contributed by atoms with Crippen molar-refractivity contribution in [2.24, 2.45) is 12.8 Å². The first-order valence-corrected chi connectivity index (χ1v) is 4.51. The Kier molecular flexibility index (Phi) is 3.24. The minimum Gasteiger partial charge on any atom is -0.339 e. The maximum atomic E-state index is 11.8. The van der Waals surface area contributed by atoms with E-state index in [2.05, 4.69) is 5.10 Å². The lowest BCUT2D eigenvalue weighted by Crippen LogP contribution is -2.37. The van der Waals surface area contributed by atoms with Crippen LogP contribution in [0.5, 0.6) is 0 Å². The predicted octanol–water partition coefficient (Wildman–Crippen LogP) is -0.161. The van der Waals surface area contributed by atoms with Gasteiger partial charge in [0.25, 0.3) is 5.91 Å². The molecule has 0 saturated carbocycles. The highest BCUT2D eigenvalue weighted by Crippen LogP contribution is 2.01. The molecule has 0 bridgehead atoms. The highest BCUT2D eigenvalue weighted by atomic mass is 16.2. The van der Waals surface area contributed by atoms with Crippen LogP contribution in [0.15, 0.2) is 12.3 Å². The van der Waals surface area contributed by atoms with Crippen molar-refractivity contribution in [3.8, 4) is 0 Å². The van der Waals surface area contributed by atoms with Crippen LogP contribution >= 0.6 is 0 Å². The minimum absolute atomic E-state index is 0.0165. The molecule has 1 amide bonds. The summed E-state index contributed by atoms with van der Waals surface area (Å²) in [5, 5.41) is 3.94. The third-order valence-electron chi connectivity index (χ3n) is 1.95. The molecule has 78 valence electrons. The Bertz CT molecular complexity index is 318. The Labute approximate surface area is 83.5 Å². The van der Waals surface area contributed by atoms with E-state index in [0.717, 1.165) is 0 Å². The van der Waals surface area contributed by atoms with Gasteiger partial charge in [0.1, 0.15) is 5.69 Å². The fourth-order valence-electron chi connectivity index (χ4n) is 1.29. The molecule has 0 aromatic carbocycles. The van der Waals surface area contributed by atoms with Gasteiger partial charge in [-0.25, -0.2) is 0 Å². The third-order valence-corrected chi connectivity index (χ3v) is 1.95. The molecule has 0 saturated heterocycles. The second-order valence-electron chi connectivity index (χ2n) is 3.50. The molecule has 1 aromatic rings. The van der Waals surface area contributed by atoms with E-state index in [-0.39, 0.29) is 11.9 Å². The van der Waals surface area contributed by atoms with Crippen LogP contribution in [0.1, 0.15) is 17.4 Å². The van der Waals surface area contributed by atoms with Gasteiger partial charge < -0.3 is 10.6 Å². The van der Waals surface area contributed by atoms with Gasteiger partial charge in [-0.2, -0.15) is 5.10 Å². The van der Waals surface area contributed by atoms with Crippen LogP contribution in [0.3, 0.4) is 0 Å². The van der Waals surface area contributed by atoms with E-state index in [0.29, 0.717) is 12.2 Å². The Morgan fingerprint density at radius 2 is 2.43 bits per heavy atom. The first-order chi connectivity index (χ1) is 6.52. The maximum absolute atomic E-state index is 11.8. The molecule has 0 spiro atoms. The molecule has 1 heterocycles. The van der Waals surface area contributed by atoms with Crippen LogP contribution in [-0.2, 0) is 7.05 Å². The van der Waals surface area contributed by atoms with Crippen LogP contribution in [0, 0.1) is 0 Å².